The first-order valence-electron chi connectivity index (χ1n) is 8.17. The summed E-state index contributed by atoms with van der Waals surface area (Å²) in [4.78, 5) is 1.28. The molecular formula is C18H19N3O3S2. The Balaban J connectivity index is 1.50. The van der Waals surface area contributed by atoms with E-state index < -0.39 is 10.0 Å². The number of hydrogen-bond donors (Lipinski definition) is 1. The first-order chi connectivity index (χ1) is 12.6. The lowest BCUT2D eigenvalue weighted by Crippen LogP contribution is -2.28. The van der Waals surface area contributed by atoms with Gasteiger partial charge in [-0.1, -0.05) is 25.1 Å². The molecule has 136 valence electrons. The topological polar surface area (TPSA) is 81.2 Å². The van der Waals surface area contributed by atoms with Crippen molar-refractivity contribution < 1.29 is 13.2 Å². The van der Waals surface area contributed by atoms with Crippen LogP contribution in [0.3, 0.4) is 0 Å². The third-order valence-corrected chi connectivity index (χ3v) is 6.07. The number of hydrogen-bond acceptors (Lipinski definition) is 6. The number of ether oxygens (including phenoxy) is 1. The second-order valence-electron chi connectivity index (χ2n) is 5.48. The molecule has 0 spiro atoms. The predicted molar refractivity (Wildman–Crippen MR) is 102 cm³/mol. The molecule has 1 aromatic carbocycles. The predicted octanol–water partition coefficient (Wildman–Crippen LogP) is 3.12. The second kappa shape index (κ2) is 8.39. The lowest BCUT2D eigenvalue weighted by atomic mass is 10.2. The molecule has 0 fully saturated rings. The number of thiophene rings is 1. The highest BCUT2D eigenvalue weighted by atomic mass is 32.2. The largest absolute Gasteiger partial charge is 0.475 e. The summed E-state index contributed by atoms with van der Waals surface area (Å²) in [6.45, 7) is 2.33. The first kappa shape index (κ1) is 18.5. The van der Waals surface area contributed by atoms with Crippen molar-refractivity contribution in [3.63, 3.8) is 0 Å². The maximum Gasteiger partial charge on any atom is 0.240 e. The summed E-state index contributed by atoms with van der Waals surface area (Å²) in [7, 11) is -3.54. The minimum atomic E-state index is -3.54. The average Bonchev–Trinajstić information content (AvgIpc) is 3.20. The molecule has 0 unspecified atom stereocenters. The summed E-state index contributed by atoms with van der Waals surface area (Å²) < 4.78 is 32.4. The lowest BCUT2D eigenvalue weighted by Gasteiger charge is -2.08. The van der Waals surface area contributed by atoms with Gasteiger partial charge in [0.05, 0.1) is 9.77 Å². The average molecular weight is 390 g/mol. The minimum absolute atomic E-state index is 0.145. The number of benzene rings is 1. The minimum Gasteiger partial charge on any atom is -0.475 e. The van der Waals surface area contributed by atoms with Gasteiger partial charge >= 0.3 is 0 Å². The SMILES string of the molecule is CCc1ccc(S(=O)(=O)NCCOc2ccc(-c3cccs3)nn2)cc1. The van der Waals surface area contributed by atoms with E-state index in [0.717, 1.165) is 22.6 Å². The summed E-state index contributed by atoms with van der Waals surface area (Å²) in [6, 6.07) is 14.3. The van der Waals surface area contributed by atoms with E-state index >= 15 is 0 Å². The Kier molecular flexibility index (Phi) is 5.97. The number of nitrogens with one attached hydrogen (secondary N) is 1. The van der Waals surface area contributed by atoms with Crippen molar-refractivity contribution in [3.05, 3.63) is 59.5 Å². The lowest BCUT2D eigenvalue weighted by molar-refractivity contribution is 0.307. The quantitative estimate of drug-likeness (QED) is 0.599. The van der Waals surface area contributed by atoms with Gasteiger partial charge in [0.2, 0.25) is 15.9 Å². The standard InChI is InChI=1S/C18H19N3O3S2/c1-2-14-5-7-15(8-6-14)26(22,23)19-11-12-24-18-10-9-16(20-21-18)17-4-3-13-25-17/h3-10,13,19H,2,11-12H2,1H3. The molecule has 0 saturated carbocycles. The van der Waals surface area contributed by atoms with Crippen LogP contribution in [0.25, 0.3) is 10.6 Å². The van der Waals surface area contributed by atoms with E-state index in [1.807, 2.05) is 42.6 Å². The molecule has 0 saturated heterocycles. The zero-order valence-electron chi connectivity index (χ0n) is 14.3. The van der Waals surface area contributed by atoms with Gasteiger partial charge < -0.3 is 4.74 Å². The number of sulfonamides is 1. The van der Waals surface area contributed by atoms with Crippen molar-refractivity contribution in [3.8, 4) is 16.5 Å². The van der Waals surface area contributed by atoms with Crippen molar-refractivity contribution in [1.82, 2.24) is 14.9 Å². The Morgan fingerprint density at radius 2 is 1.88 bits per heavy atom. The van der Waals surface area contributed by atoms with E-state index in [0.29, 0.717) is 5.88 Å². The maximum atomic E-state index is 12.2. The van der Waals surface area contributed by atoms with Gasteiger partial charge in [0.1, 0.15) is 12.3 Å². The second-order valence-corrected chi connectivity index (χ2v) is 8.19. The van der Waals surface area contributed by atoms with Crippen LogP contribution in [0.1, 0.15) is 12.5 Å². The molecule has 1 N–H and O–H groups in total. The zero-order chi connectivity index (χ0) is 18.4. The highest BCUT2D eigenvalue weighted by Crippen LogP contribution is 2.22. The van der Waals surface area contributed by atoms with Crippen molar-refractivity contribution in [2.75, 3.05) is 13.2 Å². The Labute approximate surface area is 156 Å². The van der Waals surface area contributed by atoms with E-state index in [2.05, 4.69) is 14.9 Å². The summed E-state index contributed by atoms with van der Waals surface area (Å²) in [5.41, 5.74) is 1.88. The molecule has 0 amide bonds. The van der Waals surface area contributed by atoms with E-state index in [1.165, 1.54) is 0 Å². The third kappa shape index (κ3) is 4.66. The summed E-state index contributed by atoms with van der Waals surface area (Å²) in [6.07, 6.45) is 0.869. The van der Waals surface area contributed by atoms with Crippen LogP contribution in [0.15, 0.2) is 58.8 Å². The molecular weight excluding hydrogens is 370 g/mol. The number of aromatic nitrogens is 2. The van der Waals surface area contributed by atoms with Crippen LogP contribution in [-0.4, -0.2) is 31.8 Å². The Morgan fingerprint density at radius 3 is 2.50 bits per heavy atom. The van der Waals surface area contributed by atoms with Crippen LogP contribution in [0.5, 0.6) is 5.88 Å². The molecule has 6 nitrogen and oxygen atoms in total. The monoisotopic (exact) mass is 389 g/mol. The molecule has 3 rings (SSSR count). The molecule has 8 heteroatoms. The van der Waals surface area contributed by atoms with E-state index in [4.69, 9.17) is 4.74 Å². The van der Waals surface area contributed by atoms with Gasteiger partial charge in [-0.25, -0.2) is 13.1 Å². The van der Waals surface area contributed by atoms with E-state index in [1.54, 1.807) is 29.5 Å². The summed E-state index contributed by atoms with van der Waals surface area (Å²) >= 11 is 1.59. The van der Waals surface area contributed by atoms with Gasteiger partial charge in [-0.05, 0) is 41.6 Å². The fraction of sp³-hybridized carbons (Fsp3) is 0.222. The van der Waals surface area contributed by atoms with Crippen LogP contribution in [0, 0.1) is 0 Å². The van der Waals surface area contributed by atoms with Gasteiger partial charge in [0.25, 0.3) is 0 Å². The van der Waals surface area contributed by atoms with Crippen LogP contribution in [0.4, 0.5) is 0 Å². The molecule has 3 aromatic rings. The highest BCUT2D eigenvalue weighted by molar-refractivity contribution is 7.89. The molecule has 26 heavy (non-hydrogen) atoms. The first-order valence-corrected chi connectivity index (χ1v) is 10.5. The number of rotatable bonds is 8. The summed E-state index contributed by atoms with van der Waals surface area (Å²) in [5.74, 6) is 0.358. The van der Waals surface area contributed by atoms with Gasteiger partial charge in [0.15, 0.2) is 0 Å². The molecule has 0 radical (unpaired) electrons. The van der Waals surface area contributed by atoms with Gasteiger partial charge in [0, 0.05) is 12.6 Å². The molecule has 0 aliphatic heterocycles. The smallest absolute Gasteiger partial charge is 0.240 e. The van der Waals surface area contributed by atoms with Crippen LogP contribution in [-0.2, 0) is 16.4 Å². The highest BCUT2D eigenvalue weighted by Gasteiger charge is 2.13. The molecule has 0 aliphatic carbocycles. The number of nitrogens with zero attached hydrogens (tertiary/aromatic N) is 2. The third-order valence-electron chi connectivity index (χ3n) is 3.70. The Bertz CT molecular complexity index is 923. The normalized spacial score (nSPS) is 11.4. The van der Waals surface area contributed by atoms with Gasteiger partial charge in [-0.2, -0.15) is 0 Å². The van der Waals surface area contributed by atoms with Gasteiger partial charge in [-0.3, -0.25) is 0 Å². The Hall–Kier alpha value is -2.29. The fourth-order valence-corrected chi connectivity index (χ4v) is 3.98. The van der Waals surface area contributed by atoms with Crippen molar-refractivity contribution >= 4 is 21.4 Å². The Morgan fingerprint density at radius 1 is 1.08 bits per heavy atom. The van der Waals surface area contributed by atoms with Crippen molar-refractivity contribution in [2.24, 2.45) is 0 Å². The van der Waals surface area contributed by atoms with Gasteiger partial charge in [-0.15, -0.1) is 21.5 Å². The molecule has 0 bridgehead atoms. The molecule has 0 atom stereocenters. The van der Waals surface area contributed by atoms with Crippen molar-refractivity contribution in [2.45, 2.75) is 18.2 Å². The van der Waals surface area contributed by atoms with E-state index in [9.17, 15) is 8.42 Å². The van der Waals surface area contributed by atoms with Crippen LogP contribution < -0.4 is 9.46 Å². The molecule has 0 aliphatic rings. The van der Waals surface area contributed by atoms with Crippen LogP contribution in [0.2, 0.25) is 0 Å². The van der Waals surface area contributed by atoms with E-state index in [-0.39, 0.29) is 18.0 Å². The molecule has 2 heterocycles. The maximum absolute atomic E-state index is 12.2. The van der Waals surface area contributed by atoms with Crippen molar-refractivity contribution in [1.29, 1.82) is 0 Å². The number of aryl methyl sites for hydroxylation is 1. The zero-order valence-corrected chi connectivity index (χ0v) is 15.9. The summed E-state index contributed by atoms with van der Waals surface area (Å²) in [5, 5.41) is 10.1. The molecule has 2 aromatic heterocycles. The fourth-order valence-electron chi connectivity index (χ4n) is 2.27. The van der Waals surface area contributed by atoms with Crippen LogP contribution >= 0.6 is 11.3 Å².